The fourth-order valence-electron chi connectivity index (χ4n) is 3.49. The maximum atomic E-state index is 13.5. The summed E-state index contributed by atoms with van der Waals surface area (Å²) in [5.74, 6) is 0.260. The quantitative estimate of drug-likeness (QED) is 0.517. The highest BCUT2D eigenvalue weighted by Gasteiger charge is 2.39. The van der Waals surface area contributed by atoms with Gasteiger partial charge in [-0.3, -0.25) is 4.68 Å². The third-order valence-corrected chi connectivity index (χ3v) is 5.02. The number of rotatable bonds is 5. The van der Waals surface area contributed by atoms with E-state index in [2.05, 4.69) is 10.1 Å². The summed E-state index contributed by atoms with van der Waals surface area (Å²) in [7, 11) is 0. The molecule has 0 N–H and O–H groups in total. The maximum absolute atomic E-state index is 13.5. The van der Waals surface area contributed by atoms with Gasteiger partial charge in [-0.15, -0.1) is 0 Å². The fourth-order valence-corrected chi connectivity index (χ4v) is 3.49. The van der Waals surface area contributed by atoms with Crippen LogP contribution in [0.3, 0.4) is 0 Å². The lowest BCUT2D eigenvalue weighted by molar-refractivity contribution is 0.230. The molecule has 29 heavy (non-hydrogen) atoms. The van der Waals surface area contributed by atoms with Crippen LogP contribution in [-0.2, 0) is 16.8 Å². The molecule has 7 heteroatoms. The van der Waals surface area contributed by atoms with Crippen molar-refractivity contribution in [1.82, 2.24) is 14.8 Å². The van der Waals surface area contributed by atoms with Gasteiger partial charge in [0.25, 0.3) is 0 Å². The van der Waals surface area contributed by atoms with Gasteiger partial charge in [-0.1, -0.05) is 24.3 Å². The molecular formula is C22H17FN4O2. The van der Waals surface area contributed by atoms with Crippen LogP contribution in [0, 0.1) is 5.82 Å². The van der Waals surface area contributed by atoms with E-state index < -0.39 is 5.54 Å². The van der Waals surface area contributed by atoms with E-state index in [-0.39, 0.29) is 5.82 Å². The standard InChI is InChI=1S/C22H17FN4O2/c23-20-7-5-19(6-8-20)22(12-27-15-24-14-25-27)13-29-21(26-22)17-3-1-16(2-4-17)18-9-10-28-11-18/h1-11,14-15H,12-13H2. The van der Waals surface area contributed by atoms with Crippen LogP contribution in [0.4, 0.5) is 4.39 Å². The number of halogens is 1. The molecule has 4 aromatic rings. The summed E-state index contributed by atoms with van der Waals surface area (Å²) in [5, 5.41) is 4.20. The first-order chi connectivity index (χ1) is 14.2. The van der Waals surface area contributed by atoms with Crippen molar-refractivity contribution in [3.8, 4) is 11.1 Å². The van der Waals surface area contributed by atoms with E-state index in [1.54, 1.807) is 35.7 Å². The van der Waals surface area contributed by atoms with Crippen molar-refractivity contribution in [2.75, 3.05) is 6.61 Å². The highest BCUT2D eigenvalue weighted by atomic mass is 19.1. The van der Waals surface area contributed by atoms with Crippen molar-refractivity contribution >= 4 is 5.90 Å². The van der Waals surface area contributed by atoms with Crippen LogP contribution in [0.1, 0.15) is 11.1 Å². The smallest absolute Gasteiger partial charge is 0.217 e. The predicted octanol–water partition coefficient (Wildman–Crippen LogP) is 4.05. The molecule has 0 amide bonds. The Morgan fingerprint density at radius 1 is 0.966 bits per heavy atom. The number of nitrogens with zero attached hydrogens (tertiary/aromatic N) is 4. The topological polar surface area (TPSA) is 65.4 Å². The van der Waals surface area contributed by atoms with Gasteiger partial charge in [0.1, 0.15) is 30.6 Å². The summed E-state index contributed by atoms with van der Waals surface area (Å²) in [6.45, 7) is 0.770. The predicted molar refractivity (Wildman–Crippen MR) is 105 cm³/mol. The average Bonchev–Trinajstić information content (AvgIpc) is 3.52. The summed E-state index contributed by atoms with van der Waals surface area (Å²) in [4.78, 5) is 8.93. The van der Waals surface area contributed by atoms with Gasteiger partial charge in [0.2, 0.25) is 5.90 Å². The molecule has 2 aromatic heterocycles. The first-order valence-corrected chi connectivity index (χ1v) is 9.16. The Bertz CT molecular complexity index is 1120. The van der Waals surface area contributed by atoms with Gasteiger partial charge in [-0.05, 0) is 41.5 Å². The van der Waals surface area contributed by atoms with Crippen LogP contribution in [-0.4, -0.2) is 27.3 Å². The van der Waals surface area contributed by atoms with Crippen LogP contribution < -0.4 is 0 Å². The molecule has 2 aromatic carbocycles. The first kappa shape index (κ1) is 17.4. The first-order valence-electron chi connectivity index (χ1n) is 9.16. The molecule has 0 saturated carbocycles. The maximum Gasteiger partial charge on any atom is 0.217 e. The number of aliphatic imine (C=N–C) groups is 1. The van der Waals surface area contributed by atoms with E-state index in [1.165, 1.54) is 18.5 Å². The van der Waals surface area contributed by atoms with Gasteiger partial charge in [-0.25, -0.2) is 14.4 Å². The summed E-state index contributed by atoms with van der Waals surface area (Å²) >= 11 is 0. The van der Waals surface area contributed by atoms with Crippen LogP contribution >= 0.6 is 0 Å². The normalized spacial score (nSPS) is 18.4. The Kier molecular flexibility index (Phi) is 4.20. The van der Waals surface area contributed by atoms with Crippen LogP contribution in [0.5, 0.6) is 0 Å². The summed E-state index contributed by atoms with van der Waals surface area (Å²) in [6, 6.07) is 16.2. The van der Waals surface area contributed by atoms with Crippen molar-refractivity contribution in [1.29, 1.82) is 0 Å². The minimum Gasteiger partial charge on any atom is -0.474 e. The number of hydrogen-bond acceptors (Lipinski definition) is 5. The van der Waals surface area contributed by atoms with E-state index in [0.717, 1.165) is 22.3 Å². The van der Waals surface area contributed by atoms with Gasteiger partial charge in [-0.2, -0.15) is 5.10 Å². The third kappa shape index (κ3) is 3.31. The molecule has 1 aliphatic heterocycles. The lowest BCUT2D eigenvalue weighted by atomic mass is 9.91. The molecule has 0 radical (unpaired) electrons. The number of benzene rings is 2. The van der Waals surface area contributed by atoms with Gasteiger partial charge in [0.15, 0.2) is 0 Å². The molecular weight excluding hydrogens is 371 g/mol. The second-order valence-electron chi connectivity index (χ2n) is 6.93. The zero-order chi connectivity index (χ0) is 19.7. The number of ether oxygens (including phenoxy) is 1. The molecule has 0 spiro atoms. The van der Waals surface area contributed by atoms with Crippen molar-refractivity contribution in [2.24, 2.45) is 4.99 Å². The van der Waals surface area contributed by atoms with Crippen molar-refractivity contribution in [3.05, 3.63) is 96.7 Å². The SMILES string of the molecule is Fc1ccc(C2(Cn3cncn3)COC(c3ccc(-c4ccoc4)cc3)=N2)cc1. The third-order valence-electron chi connectivity index (χ3n) is 5.02. The second kappa shape index (κ2) is 7.01. The van der Waals surface area contributed by atoms with Gasteiger partial charge in [0, 0.05) is 11.1 Å². The molecule has 1 atom stereocenters. The number of aromatic nitrogens is 3. The Hall–Kier alpha value is -3.74. The largest absolute Gasteiger partial charge is 0.474 e. The van der Waals surface area contributed by atoms with E-state index in [1.807, 2.05) is 30.3 Å². The molecule has 0 fully saturated rings. The molecule has 144 valence electrons. The lowest BCUT2D eigenvalue weighted by Gasteiger charge is -2.24. The summed E-state index contributed by atoms with van der Waals surface area (Å²) in [5.41, 5.74) is 3.09. The zero-order valence-corrected chi connectivity index (χ0v) is 15.4. The zero-order valence-electron chi connectivity index (χ0n) is 15.4. The number of hydrogen-bond donors (Lipinski definition) is 0. The molecule has 0 saturated heterocycles. The van der Waals surface area contributed by atoms with Crippen LogP contribution in [0.25, 0.3) is 11.1 Å². The Balaban J connectivity index is 1.50. The number of furan rings is 1. The second-order valence-corrected chi connectivity index (χ2v) is 6.93. The Morgan fingerprint density at radius 2 is 1.76 bits per heavy atom. The van der Waals surface area contributed by atoms with Crippen LogP contribution in [0.15, 0.2) is 89.2 Å². The van der Waals surface area contributed by atoms with Crippen molar-refractivity contribution in [3.63, 3.8) is 0 Å². The summed E-state index contributed by atoms with van der Waals surface area (Å²) in [6.07, 6.45) is 6.47. The molecule has 0 bridgehead atoms. The van der Waals surface area contributed by atoms with Gasteiger partial charge < -0.3 is 9.15 Å². The molecule has 1 unspecified atom stereocenters. The van der Waals surface area contributed by atoms with E-state index in [0.29, 0.717) is 19.0 Å². The van der Waals surface area contributed by atoms with E-state index in [9.17, 15) is 4.39 Å². The Labute approximate surface area is 166 Å². The highest BCUT2D eigenvalue weighted by molar-refractivity contribution is 5.96. The minimum atomic E-state index is -0.708. The highest BCUT2D eigenvalue weighted by Crippen LogP contribution is 2.34. The van der Waals surface area contributed by atoms with Crippen molar-refractivity contribution < 1.29 is 13.5 Å². The Morgan fingerprint density at radius 3 is 2.45 bits per heavy atom. The monoisotopic (exact) mass is 388 g/mol. The summed E-state index contributed by atoms with van der Waals surface area (Å²) < 4.78 is 26.3. The molecule has 3 heterocycles. The van der Waals surface area contributed by atoms with Gasteiger partial charge in [0.05, 0.1) is 19.1 Å². The molecule has 5 rings (SSSR count). The molecule has 0 aliphatic carbocycles. The van der Waals surface area contributed by atoms with Gasteiger partial charge >= 0.3 is 0 Å². The lowest BCUT2D eigenvalue weighted by Crippen LogP contribution is -2.31. The molecule has 1 aliphatic rings. The average molecular weight is 388 g/mol. The molecule has 6 nitrogen and oxygen atoms in total. The van der Waals surface area contributed by atoms with E-state index >= 15 is 0 Å². The minimum absolute atomic E-state index is 0.289. The fraction of sp³-hybridized carbons (Fsp3) is 0.136. The van der Waals surface area contributed by atoms with Crippen LogP contribution in [0.2, 0.25) is 0 Å². The van der Waals surface area contributed by atoms with Crippen molar-refractivity contribution in [2.45, 2.75) is 12.1 Å². The van der Waals surface area contributed by atoms with E-state index in [4.69, 9.17) is 14.1 Å².